The fraction of sp³-hybridized carbons (Fsp3) is 1.00. The molecule has 1 N–H and O–H groups in total. The number of nitrogens with one attached hydrogen (secondary N) is 1. The lowest BCUT2D eigenvalue weighted by molar-refractivity contribution is -0.0218. The molecule has 2 nitrogen and oxygen atoms in total. The van der Waals surface area contributed by atoms with E-state index in [4.69, 9.17) is 0 Å². The van der Waals surface area contributed by atoms with Gasteiger partial charge in [-0.25, -0.2) is 0 Å². The summed E-state index contributed by atoms with van der Waals surface area (Å²) in [5.74, 6) is 0. The quantitative estimate of drug-likeness (QED) is 0.531. The highest BCUT2D eigenvalue weighted by molar-refractivity contribution is 5.02. The Morgan fingerprint density at radius 1 is 1.20 bits per heavy atom. The van der Waals surface area contributed by atoms with E-state index >= 15 is 0 Å². The Morgan fingerprint density at radius 2 is 1.70 bits per heavy atom. The molecule has 60 valence electrons. The molecule has 2 aliphatic heterocycles. The van der Waals surface area contributed by atoms with Crippen molar-refractivity contribution in [3.8, 4) is 0 Å². The SMILES string of the molecule is CC.CN1CC2(CNC2)C1. The van der Waals surface area contributed by atoms with Crippen LogP contribution in [0, 0.1) is 5.41 Å². The van der Waals surface area contributed by atoms with Gasteiger partial charge in [-0.05, 0) is 7.05 Å². The highest BCUT2D eigenvalue weighted by Gasteiger charge is 2.45. The van der Waals surface area contributed by atoms with Gasteiger partial charge in [0.25, 0.3) is 0 Å². The predicted molar refractivity (Wildman–Crippen MR) is 44.1 cm³/mol. The van der Waals surface area contributed by atoms with Crippen LogP contribution in [0.4, 0.5) is 0 Å². The molecule has 0 amide bonds. The van der Waals surface area contributed by atoms with Crippen molar-refractivity contribution in [3.05, 3.63) is 0 Å². The van der Waals surface area contributed by atoms with Gasteiger partial charge in [-0.3, -0.25) is 0 Å². The molecule has 2 saturated heterocycles. The Labute approximate surface area is 63.6 Å². The molecule has 0 radical (unpaired) electrons. The first-order valence-corrected chi connectivity index (χ1v) is 4.20. The minimum Gasteiger partial charge on any atom is -0.315 e. The maximum absolute atomic E-state index is 3.30. The van der Waals surface area contributed by atoms with Gasteiger partial charge in [0.15, 0.2) is 0 Å². The molecule has 10 heavy (non-hydrogen) atoms. The summed E-state index contributed by atoms with van der Waals surface area (Å²) in [5, 5.41) is 3.30. The Bertz CT molecular complexity index is 99.8. The zero-order valence-electron chi connectivity index (χ0n) is 7.28. The number of nitrogens with zero attached hydrogens (tertiary/aromatic N) is 1. The summed E-state index contributed by atoms with van der Waals surface area (Å²) in [5.41, 5.74) is 0.731. The van der Waals surface area contributed by atoms with E-state index in [2.05, 4.69) is 17.3 Å². The molecule has 0 aromatic carbocycles. The fourth-order valence-electron chi connectivity index (χ4n) is 1.80. The van der Waals surface area contributed by atoms with Crippen molar-refractivity contribution in [3.63, 3.8) is 0 Å². The van der Waals surface area contributed by atoms with Crippen molar-refractivity contribution in [2.24, 2.45) is 5.41 Å². The summed E-state index contributed by atoms with van der Waals surface area (Å²) in [6.45, 7) is 9.16. The molecule has 0 aliphatic carbocycles. The number of likely N-dealkylation sites (tertiary alicyclic amines) is 1. The Morgan fingerprint density at radius 3 is 1.80 bits per heavy atom. The van der Waals surface area contributed by atoms with Gasteiger partial charge in [0.05, 0.1) is 0 Å². The number of hydrogen-bond donors (Lipinski definition) is 1. The Hall–Kier alpha value is -0.0800. The van der Waals surface area contributed by atoms with Crippen molar-refractivity contribution < 1.29 is 0 Å². The molecular weight excluding hydrogens is 124 g/mol. The van der Waals surface area contributed by atoms with Gasteiger partial charge in [0, 0.05) is 31.6 Å². The number of rotatable bonds is 0. The molecule has 0 bridgehead atoms. The van der Waals surface area contributed by atoms with E-state index in [-0.39, 0.29) is 0 Å². The normalized spacial score (nSPS) is 27.9. The molecule has 2 fully saturated rings. The summed E-state index contributed by atoms with van der Waals surface area (Å²) >= 11 is 0. The van der Waals surface area contributed by atoms with Gasteiger partial charge in [0.2, 0.25) is 0 Å². The van der Waals surface area contributed by atoms with Crippen LogP contribution in [0.25, 0.3) is 0 Å². The molecule has 1 spiro atoms. The zero-order chi connectivity index (χ0) is 7.61. The first kappa shape index (κ1) is 8.02. The summed E-state index contributed by atoms with van der Waals surface area (Å²) in [6.07, 6.45) is 0. The topological polar surface area (TPSA) is 15.3 Å². The van der Waals surface area contributed by atoms with E-state index in [0.29, 0.717) is 0 Å². The lowest BCUT2D eigenvalue weighted by atomic mass is 9.75. The molecule has 0 unspecified atom stereocenters. The van der Waals surface area contributed by atoms with E-state index in [1.165, 1.54) is 26.2 Å². The third-order valence-electron chi connectivity index (χ3n) is 2.21. The van der Waals surface area contributed by atoms with Crippen molar-refractivity contribution in [2.45, 2.75) is 13.8 Å². The first-order valence-electron chi connectivity index (χ1n) is 4.20. The van der Waals surface area contributed by atoms with Crippen molar-refractivity contribution >= 4 is 0 Å². The van der Waals surface area contributed by atoms with Crippen LogP contribution in [0.15, 0.2) is 0 Å². The highest BCUT2D eigenvalue weighted by atomic mass is 15.2. The van der Waals surface area contributed by atoms with Crippen molar-refractivity contribution in [2.75, 3.05) is 33.2 Å². The van der Waals surface area contributed by atoms with E-state index in [9.17, 15) is 0 Å². The fourth-order valence-corrected chi connectivity index (χ4v) is 1.80. The minimum atomic E-state index is 0.731. The largest absolute Gasteiger partial charge is 0.315 e. The van der Waals surface area contributed by atoms with Crippen molar-refractivity contribution in [1.82, 2.24) is 10.2 Å². The van der Waals surface area contributed by atoms with E-state index < -0.39 is 0 Å². The zero-order valence-corrected chi connectivity index (χ0v) is 7.28. The maximum atomic E-state index is 3.30. The lowest BCUT2D eigenvalue weighted by Gasteiger charge is -2.55. The summed E-state index contributed by atoms with van der Waals surface area (Å²) in [6, 6.07) is 0. The van der Waals surface area contributed by atoms with E-state index in [0.717, 1.165) is 5.41 Å². The molecule has 0 aromatic rings. The monoisotopic (exact) mass is 142 g/mol. The van der Waals surface area contributed by atoms with Crippen LogP contribution in [0.3, 0.4) is 0 Å². The van der Waals surface area contributed by atoms with Crippen LogP contribution in [0.2, 0.25) is 0 Å². The first-order chi connectivity index (χ1) is 4.81. The summed E-state index contributed by atoms with van der Waals surface area (Å²) in [4.78, 5) is 2.38. The molecule has 2 heteroatoms. The lowest BCUT2D eigenvalue weighted by Crippen LogP contribution is -2.69. The van der Waals surface area contributed by atoms with Crippen LogP contribution < -0.4 is 5.32 Å². The average molecular weight is 142 g/mol. The second-order valence-electron chi connectivity index (χ2n) is 3.28. The highest BCUT2D eigenvalue weighted by Crippen LogP contribution is 2.32. The van der Waals surface area contributed by atoms with Gasteiger partial charge in [0.1, 0.15) is 0 Å². The molecule has 2 aliphatic rings. The van der Waals surface area contributed by atoms with Crippen LogP contribution in [-0.4, -0.2) is 38.1 Å². The van der Waals surface area contributed by atoms with Crippen LogP contribution >= 0.6 is 0 Å². The van der Waals surface area contributed by atoms with Crippen molar-refractivity contribution in [1.29, 1.82) is 0 Å². The predicted octanol–water partition coefficient (Wildman–Crippen LogP) is 0.548. The Balaban J connectivity index is 0.000000231. The minimum absolute atomic E-state index is 0.731. The third kappa shape index (κ3) is 1.18. The van der Waals surface area contributed by atoms with Gasteiger partial charge >= 0.3 is 0 Å². The Kier molecular flexibility index (Phi) is 2.32. The van der Waals surface area contributed by atoms with Crippen LogP contribution in [-0.2, 0) is 0 Å². The standard InChI is InChI=1S/C6H12N2.C2H6/c1-8-4-6(5-8)2-7-3-6;1-2/h7H,2-5H2,1H3;1-2H3. The van der Waals surface area contributed by atoms with Gasteiger partial charge in [-0.1, -0.05) is 13.8 Å². The molecule has 0 atom stereocenters. The van der Waals surface area contributed by atoms with E-state index in [1.807, 2.05) is 13.8 Å². The second-order valence-corrected chi connectivity index (χ2v) is 3.28. The summed E-state index contributed by atoms with van der Waals surface area (Å²) < 4.78 is 0. The maximum Gasteiger partial charge on any atom is 0.0206 e. The second kappa shape index (κ2) is 2.89. The smallest absolute Gasteiger partial charge is 0.0206 e. The number of hydrogen-bond acceptors (Lipinski definition) is 2. The molecule has 0 saturated carbocycles. The molecule has 0 aromatic heterocycles. The van der Waals surface area contributed by atoms with Crippen LogP contribution in [0.5, 0.6) is 0 Å². The molecule has 2 heterocycles. The average Bonchev–Trinajstić information content (AvgIpc) is 1.82. The van der Waals surface area contributed by atoms with Gasteiger partial charge in [-0.2, -0.15) is 0 Å². The molecular formula is C8H18N2. The van der Waals surface area contributed by atoms with Crippen LogP contribution in [0.1, 0.15) is 13.8 Å². The van der Waals surface area contributed by atoms with Gasteiger partial charge < -0.3 is 10.2 Å². The van der Waals surface area contributed by atoms with Gasteiger partial charge in [-0.15, -0.1) is 0 Å². The molecule has 2 rings (SSSR count). The van der Waals surface area contributed by atoms with E-state index in [1.54, 1.807) is 0 Å². The summed E-state index contributed by atoms with van der Waals surface area (Å²) in [7, 11) is 2.18. The third-order valence-corrected chi connectivity index (χ3v) is 2.21.